The van der Waals surface area contributed by atoms with E-state index >= 15 is 0 Å². The Kier molecular flexibility index (Phi) is 5.97. The van der Waals surface area contributed by atoms with E-state index in [1.807, 2.05) is 6.92 Å². The van der Waals surface area contributed by atoms with Crippen LogP contribution in [0.4, 0.5) is 11.4 Å². The minimum atomic E-state index is -0.482. The molecule has 7 nitrogen and oxygen atoms in total. The average Bonchev–Trinajstić information content (AvgIpc) is 3.19. The van der Waals surface area contributed by atoms with Crippen LogP contribution in [0.3, 0.4) is 0 Å². The van der Waals surface area contributed by atoms with Gasteiger partial charge in [-0.2, -0.15) is 0 Å². The molecule has 9 heteroatoms. The number of amides is 1. The molecule has 0 atom stereocenters. The number of carbonyl (C=O) groups is 1. The van der Waals surface area contributed by atoms with Crippen LogP contribution in [0.15, 0.2) is 59.2 Å². The number of aryl methyl sites for hydroxylation is 2. The van der Waals surface area contributed by atoms with Gasteiger partial charge in [0.1, 0.15) is 16.2 Å². The number of carbonyl (C=O) groups excluding carboxylic acids is 1. The van der Waals surface area contributed by atoms with Crippen molar-refractivity contribution in [3.05, 3.63) is 75.4 Å². The number of nitrogens with zero attached hydrogens (tertiary/aromatic N) is 3. The summed E-state index contributed by atoms with van der Waals surface area (Å²) in [5, 5.41) is 17.5. The van der Waals surface area contributed by atoms with Crippen molar-refractivity contribution in [2.45, 2.75) is 18.9 Å². The van der Waals surface area contributed by atoms with Crippen molar-refractivity contribution in [1.82, 2.24) is 9.97 Å². The normalized spacial score (nSPS) is 10.9. The standard InChI is InChI=1S/C22H18N4O3S2/c1-13-3-6-15(7-4-13)17-10-30-21-20(17)22(24-12-23-21)31-11-19(27)25-18-9-16(26(28)29)8-5-14(18)2/h3-10,12H,11H2,1-2H3,(H,25,27). The van der Waals surface area contributed by atoms with Gasteiger partial charge < -0.3 is 5.32 Å². The molecule has 0 aliphatic carbocycles. The number of benzene rings is 2. The zero-order valence-electron chi connectivity index (χ0n) is 16.8. The van der Waals surface area contributed by atoms with Gasteiger partial charge in [0.25, 0.3) is 5.69 Å². The number of fused-ring (bicyclic) bond motifs is 1. The summed E-state index contributed by atoms with van der Waals surface area (Å²) in [6, 6.07) is 12.7. The number of thiophene rings is 1. The summed E-state index contributed by atoms with van der Waals surface area (Å²) in [6.07, 6.45) is 1.50. The maximum absolute atomic E-state index is 12.5. The van der Waals surface area contributed by atoms with Gasteiger partial charge in [-0.3, -0.25) is 14.9 Å². The van der Waals surface area contributed by atoms with E-state index in [4.69, 9.17) is 0 Å². The first-order valence-electron chi connectivity index (χ1n) is 9.39. The van der Waals surface area contributed by atoms with Crippen LogP contribution in [0.5, 0.6) is 0 Å². The Morgan fingerprint density at radius 1 is 1.16 bits per heavy atom. The fourth-order valence-corrected chi connectivity index (χ4v) is 4.87. The molecule has 1 amide bonds. The number of non-ortho nitro benzene ring substituents is 1. The van der Waals surface area contributed by atoms with Gasteiger partial charge >= 0.3 is 0 Å². The molecule has 31 heavy (non-hydrogen) atoms. The second kappa shape index (κ2) is 8.83. The van der Waals surface area contributed by atoms with Crippen molar-refractivity contribution in [1.29, 1.82) is 0 Å². The predicted octanol–water partition coefficient (Wildman–Crippen LogP) is 5.61. The van der Waals surface area contributed by atoms with Gasteiger partial charge in [-0.25, -0.2) is 9.97 Å². The van der Waals surface area contributed by atoms with E-state index in [0.717, 1.165) is 31.9 Å². The molecule has 2 heterocycles. The average molecular weight is 451 g/mol. The fourth-order valence-electron chi connectivity index (χ4n) is 3.08. The molecule has 4 aromatic rings. The van der Waals surface area contributed by atoms with Crippen molar-refractivity contribution in [2.24, 2.45) is 0 Å². The van der Waals surface area contributed by atoms with E-state index in [1.54, 1.807) is 24.3 Å². The third-order valence-corrected chi connectivity index (χ3v) is 6.62. The summed E-state index contributed by atoms with van der Waals surface area (Å²) < 4.78 is 0. The highest BCUT2D eigenvalue weighted by Gasteiger charge is 2.16. The third kappa shape index (κ3) is 4.57. The number of nitro groups is 1. The van der Waals surface area contributed by atoms with Gasteiger partial charge in [-0.1, -0.05) is 47.7 Å². The summed E-state index contributed by atoms with van der Waals surface area (Å²) in [7, 11) is 0. The molecule has 0 aliphatic rings. The van der Waals surface area contributed by atoms with Crippen LogP contribution < -0.4 is 5.32 Å². The molecule has 2 aromatic heterocycles. The van der Waals surface area contributed by atoms with Crippen molar-refractivity contribution in [3.63, 3.8) is 0 Å². The second-order valence-electron chi connectivity index (χ2n) is 6.97. The number of nitrogens with one attached hydrogen (secondary N) is 1. The van der Waals surface area contributed by atoms with Crippen LogP contribution in [-0.2, 0) is 4.79 Å². The zero-order chi connectivity index (χ0) is 22.0. The molecule has 156 valence electrons. The molecule has 0 spiro atoms. The maximum atomic E-state index is 12.5. The van der Waals surface area contributed by atoms with Gasteiger partial charge in [0.15, 0.2) is 0 Å². The summed E-state index contributed by atoms with van der Waals surface area (Å²) >= 11 is 2.86. The first-order valence-corrected chi connectivity index (χ1v) is 11.3. The molecule has 2 aromatic carbocycles. The number of hydrogen-bond donors (Lipinski definition) is 1. The van der Waals surface area contributed by atoms with E-state index in [2.05, 4.69) is 44.9 Å². The molecular formula is C22H18N4O3S2. The minimum absolute atomic E-state index is 0.0629. The summed E-state index contributed by atoms with van der Waals surface area (Å²) in [5.41, 5.74) is 4.42. The van der Waals surface area contributed by atoms with E-state index in [-0.39, 0.29) is 17.3 Å². The predicted molar refractivity (Wildman–Crippen MR) is 125 cm³/mol. The highest BCUT2D eigenvalue weighted by molar-refractivity contribution is 8.00. The highest BCUT2D eigenvalue weighted by atomic mass is 32.2. The lowest BCUT2D eigenvalue weighted by Gasteiger charge is -2.09. The molecule has 0 aliphatic heterocycles. The van der Waals surface area contributed by atoms with Gasteiger partial charge in [0, 0.05) is 23.1 Å². The van der Waals surface area contributed by atoms with Crippen LogP contribution in [0, 0.1) is 24.0 Å². The van der Waals surface area contributed by atoms with Gasteiger partial charge in [0.2, 0.25) is 5.91 Å². The summed E-state index contributed by atoms with van der Waals surface area (Å²) in [5.74, 6) is -0.135. The number of thioether (sulfide) groups is 1. The lowest BCUT2D eigenvalue weighted by atomic mass is 10.1. The lowest BCUT2D eigenvalue weighted by Crippen LogP contribution is -2.15. The Balaban J connectivity index is 1.55. The van der Waals surface area contributed by atoms with Crippen LogP contribution in [0.25, 0.3) is 21.3 Å². The van der Waals surface area contributed by atoms with E-state index in [1.165, 1.54) is 35.8 Å². The monoisotopic (exact) mass is 450 g/mol. The first-order chi connectivity index (χ1) is 14.9. The molecule has 0 saturated heterocycles. The lowest BCUT2D eigenvalue weighted by molar-refractivity contribution is -0.384. The van der Waals surface area contributed by atoms with Crippen molar-refractivity contribution in [2.75, 3.05) is 11.1 Å². The van der Waals surface area contributed by atoms with Gasteiger partial charge in [0.05, 0.1) is 21.7 Å². The smallest absolute Gasteiger partial charge is 0.271 e. The third-order valence-electron chi connectivity index (χ3n) is 4.74. The Hall–Kier alpha value is -3.30. The first kappa shape index (κ1) is 21.0. The Bertz CT molecular complexity index is 1290. The largest absolute Gasteiger partial charge is 0.325 e. The number of hydrogen-bond acceptors (Lipinski definition) is 7. The summed E-state index contributed by atoms with van der Waals surface area (Å²) in [6.45, 7) is 3.83. The molecule has 1 N–H and O–H groups in total. The molecule has 0 unspecified atom stereocenters. The van der Waals surface area contributed by atoms with E-state index < -0.39 is 4.92 Å². The number of aromatic nitrogens is 2. The SMILES string of the molecule is Cc1ccc(-c2csc3ncnc(SCC(=O)Nc4cc([N+](=O)[O-])ccc4C)c23)cc1. The van der Waals surface area contributed by atoms with Crippen LogP contribution in [-0.4, -0.2) is 26.6 Å². The molecule has 0 saturated carbocycles. The number of rotatable bonds is 6. The van der Waals surface area contributed by atoms with Crippen molar-refractivity contribution >= 4 is 50.6 Å². The molecule has 0 radical (unpaired) electrons. The molecule has 4 rings (SSSR count). The van der Waals surface area contributed by atoms with Crippen LogP contribution in [0.1, 0.15) is 11.1 Å². The fraction of sp³-hybridized carbons (Fsp3) is 0.136. The van der Waals surface area contributed by atoms with E-state index in [9.17, 15) is 14.9 Å². The topological polar surface area (TPSA) is 98.0 Å². The highest BCUT2D eigenvalue weighted by Crippen LogP contribution is 2.38. The van der Waals surface area contributed by atoms with Crippen LogP contribution in [0.2, 0.25) is 0 Å². The van der Waals surface area contributed by atoms with Crippen molar-refractivity contribution in [3.8, 4) is 11.1 Å². The second-order valence-corrected chi connectivity index (χ2v) is 8.79. The number of nitro benzene ring substituents is 1. The Morgan fingerprint density at radius 3 is 2.68 bits per heavy atom. The molecular weight excluding hydrogens is 432 g/mol. The Labute approximate surface area is 186 Å². The Morgan fingerprint density at radius 2 is 1.94 bits per heavy atom. The van der Waals surface area contributed by atoms with Crippen molar-refractivity contribution < 1.29 is 9.72 Å². The molecule has 0 fully saturated rings. The van der Waals surface area contributed by atoms with Gasteiger partial charge in [-0.15, -0.1) is 11.3 Å². The quantitative estimate of drug-likeness (QED) is 0.177. The van der Waals surface area contributed by atoms with Gasteiger partial charge in [-0.05, 0) is 25.0 Å². The maximum Gasteiger partial charge on any atom is 0.271 e. The number of anilines is 1. The minimum Gasteiger partial charge on any atom is -0.325 e. The summed E-state index contributed by atoms with van der Waals surface area (Å²) in [4.78, 5) is 32.7. The molecule has 0 bridgehead atoms. The zero-order valence-corrected chi connectivity index (χ0v) is 18.4. The van der Waals surface area contributed by atoms with Crippen LogP contribution >= 0.6 is 23.1 Å². The van der Waals surface area contributed by atoms with E-state index in [0.29, 0.717) is 5.69 Å².